The van der Waals surface area contributed by atoms with Crippen LogP contribution in [0.15, 0.2) is 12.1 Å². The van der Waals surface area contributed by atoms with Crippen LogP contribution in [0.25, 0.3) is 0 Å². The van der Waals surface area contributed by atoms with E-state index in [0.717, 1.165) is 18.3 Å². The van der Waals surface area contributed by atoms with E-state index in [0.29, 0.717) is 11.8 Å². The summed E-state index contributed by atoms with van der Waals surface area (Å²) in [5.74, 6) is 2.18. The van der Waals surface area contributed by atoms with Crippen molar-refractivity contribution in [2.75, 3.05) is 13.7 Å². The van der Waals surface area contributed by atoms with Gasteiger partial charge in [-0.3, -0.25) is 0 Å². The fourth-order valence-corrected chi connectivity index (χ4v) is 2.79. The Labute approximate surface area is 117 Å². The summed E-state index contributed by atoms with van der Waals surface area (Å²) < 4.78 is 5.60. The first kappa shape index (κ1) is 14.4. The summed E-state index contributed by atoms with van der Waals surface area (Å²) in [5.41, 5.74) is 4.00. The van der Waals surface area contributed by atoms with E-state index < -0.39 is 0 Å². The molecule has 1 aliphatic carbocycles. The van der Waals surface area contributed by atoms with Crippen LogP contribution in [0.5, 0.6) is 5.75 Å². The van der Waals surface area contributed by atoms with Gasteiger partial charge in [0.15, 0.2) is 0 Å². The highest BCUT2D eigenvalue weighted by molar-refractivity contribution is 5.45. The molecule has 1 aliphatic rings. The van der Waals surface area contributed by atoms with Gasteiger partial charge in [0.25, 0.3) is 0 Å². The van der Waals surface area contributed by atoms with Crippen LogP contribution in [0.4, 0.5) is 0 Å². The third-order valence-corrected chi connectivity index (χ3v) is 4.33. The molecule has 0 radical (unpaired) electrons. The Bertz CT molecular complexity index is 437. The lowest BCUT2D eigenvalue weighted by Gasteiger charge is -2.25. The van der Waals surface area contributed by atoms with Crippen molar-refractivity contribution >= 4 is 0 Å². The summed E-state index contributed by atoms with van der Waals surface area (Å²) in [6, 6.07) is 5.20. The SMILES string of the molecule is COc1cc(C)cc(C)c1C(C)C(C)CNC1CC1. The molecular weight excluding hydrogens is 234 g/mol. The van der Waals surface area contributed by atoms with Crippen LogP contribution in [0.3, 0.4) is 0 Å². The van der Waals surface area contributed by atoms with Crippen molar-refractivity contribution < 1.29 is 4.74 Å². The number of ether oxygens (including phenoxy) is 1. The Morgan fingerprint density at radius 2 is 1.95 bits per heavy atom. The van der Waals surface area contributed by atoms with Gasteiger partial charge in [0.05, 0.1) is 7.11 Å². The molecule has 19 heavy (non-hydrogen) atoms. The van der Waals surface area contributed by atoms with E-state index in [1.807, 2.05) is 0 Å². The Morgan fingerprint density at radius 3 is 2.53 bits per heavy atom. The van der Waals surface area contributed by atoms with Crippen molar-refractivity contribution in [2.24, 2.45) is 5.92 Å². The summed E-state index contributed by atoms with van der Waals surface area (Å²) in [5, 5.41) is 3.63. The second-order valence-electron chi connectivity index (χ2n) is 6.15. The van der Waals surface area contributed by atoms with Crippen LogP contribution in [0.2, 0.25) is 0 Å². The third kappa shape index (κ3) is 3.50. The molecule has 2 atom stereocenters. The van der Waals surface area contributed by atoms with Crippen molar-refractivity contribution in [3.8, 4) is 5.75 Å². The highest BCUT2D eigenvalue weighted by Crippen LogP contribution is 2.35. The Balaban J connectivity index is 2.13. The minimum absolute atomic E-state index is 0.516. The maximum absolute atomic E-state index is 5.60. The molecule has 0 saturated heterocycles. The highest BCUT2D eigenvalue weighted by atomic mass is 16.5. The summed E-state index contributed by atoms with van der Waals surface area (Å²) in [6.07, 6.45) is 2.71. The van der Waals surface area contributed by atoms with Crippen LogP contribution in [-0.4, -0.2) is 19.7 Å². The van der Waals surface area contributed by atoms with E-state index >= 15 is 0 Å². The highest BCUT2D eigenvalue weighted by Gasteiger charge is 2.24. The average Bonchev–Trinajstić information content (AvgIpc) is 3.18. The fraction of sp³-hybridized carbons (Fsp3) is 0.647. The van der Waals surface area contributed by atoms with Gasteiger partial charge in [0.1, 0.15) is 5.75 Å². The minimum atomic E-state index is 0.516. The number of nitrogens with one attached hydrogen (secondary N) is 1. The van der Waals surface area contributed by atoms with Crippen LogP contribution < -0.4 is 10.1 Å². The maximum Gasteiger partial charge on any atom is 0.122 e. The van der Waals surface area contributed by atoms with Gasteiger partial charge < -0.3 is 10.1 Å². The molecule has 0 spiro atoms. The minimum Gasteiger partial charge on any atom is -0.496 e. The number of methoxy groups -OCH3 is 1. The third-order valence-electron chi connectivity index (χ3n) is 4.33. The first-order chi connectivity index (χ1) is 9.02. The molecule has 1 aromatic carbocycles. The van der Waals surface area contributed by atoms with Crippen LogP contribution in [0, 0.1) is 19.8 Å². The Kier molecular flexibility index (Phi) is 4.51. The predicted octanol–water partition coefficient (Wildman–Crippen LogP) is 3.80. The summed E-state index contributed by atoms with van der Waals surface area (Å²) in [6.45, 7) is 10.1. The molecule has 0 heterocycles. The van der Waals surface area contributed by atoms with E-state index in [1.54, 1.807) is 7.11 Å². The lowest BCUT2D eigenvalue weighted by atomic mass is 9.85. The molecule has 1 fully saturated rings. The largest absolute Gasteiger partial charge is 0.496 e. The zero-order chi connectivity index (χ0) is 14.0. The fourth-order valence-electron chi connectivity index (χ4n) is 2.79. The quantitative estimate of drug-likeness (QED) is 0.841. The molecule has 1 aromatic rings. The van der Waals surface area contributed by atoms with Gasteiger partial charge in [-0.1, -0.05) is 19.9 Å². The number of rotatable bonds is 6. The summed E-state index contributed by atoms with van der Waals surface area (Å²) >= 11 is 0. The van der Waals surface area contributed by atoms with Crippen molar-refractivity contribution in [3.63, 3.8) is 0 Å². The van der Waals surface area contributed by atoms with Gasteiger partial charge in [-0.2, -0.15) is 0 Å². The monoisotopic (exact) mass is 261 g/mol. The van der Waals surface area contributed by atoms with E-state index in [4.69, 9.17) is 4.74 Å². The van der Waals surface area contributed by atoms with Crippen LogP contribution in [0.1, 0.15) is 49.3 Å². The Morgan fingerprint density at radius 1 is 1.26 bits per heavy atom. The normalized spacial score (nSPS) is 18.2. The predicted molar refractivity (Wildman–Crippen MR) is 81.1 cm³/mol. The second kappa shape index (κ2) is 5.96. The first-order valence-corrected chi connectivity index (χ1v) is 7.41. The smallest absolute Gasteiger partial charge is 0.122 e. The molecule has 0 aromatic heterocycles. The van der Waals surface area contributed by atoms with Crippen LogP contribution >= 0.6 is 0 Å². The van der Waals surface area contributed by atoms with E-state index in [2.05, 4.69) is 45.1 Å². The van der Waals surface area contributed by atoms with Gasteiger partial charge in [-0.25, -0.2) is 0 Å². The zero-order valence-corrected chi connectivity index (χ0v) is 12.9. The standard InChI is InChI=1S/C17H27NO/c1-11-8-12(2)17(16(9-11)19-5)14(4)13(3)10-18-15-6-7-15/h8-9,13-15,18H,6-7,10H2,1-5H3. The molecule has 2 nitrogen and oxygen atoms in total. The van der Waals surface area contributed by atoms with E-state index in [-0.39, 0.29) is 0 Å². The van der Waals surface area contributed by atoms with E-state index in [9.17, 15) is 0 Å². The molecule has 2 heteroatoms. The summed E-state index contributed by atoms with van der Waals surface area (Å²) in [7, 11) is 1.78. The molecule has 106 valence electrons. The van der Waals surface area contributed by atoms with Crippen molar-refractivity contribution in [1.82, 2.24) is 5.32 Å². The molecular formula is C17H27NO. The average molecular weight is 261 g/mol. The molecule has 0 amide bonds. The van der Waals surface area contributed by atoms with Gasteiger partial charge >= 0.3 is 0 Å². The molecule has 0 bridgehead atoms. The van der Waals surface area contributed by atoms with Gasteiger partial charge in [0, 0.05) is 11.6 Å². The van der Waals surface area contributed by atoms with Gasteiger partial charge in [-0.05, 0) is 62.3 Å². The lowest BCUT2D eigenvalue weighted by Crippen LogP contribution is -2.26. The van der Waals surface area contributed by atoms with Crippen LogP contribution in [-0.2, 0) is 0 Å². The van der Waals surface area contributed by atoms with E-state index in [1.165, 1.54) is 29.5 Å². The van der Waals surface area contributed by atoms with Gasteiger partial charge in [0.2, 0.25) is 0 Å². The van der Waals surface area contributed by atoms with Gasteiger partial charge in [-0.15, -0.1) is 0 Å². The topological polar surface area (TPSA) is 21.3 Å². The number of hydrogen-bond donors (Lipinski definition) is 1. The number of aryl methyl sites for hydroxylation is 2. The van der Waals surface area contributed by atoms with Crippen molar-refractivity contribution in [2.45, 2.75) is 52.5 Å². The lowest BCUT2D eigenvalue weighted by molar-refractivity contribution is 0.388. The molecule has 2 rings (SSSR count). The summed E-state index contributed by atoms with van der Waals surface area (Å²) in [4.78, 5) is 0. The second-order valence-corrected chi connectivity index (χ2v) is 6.15. The molecule has 1 saturated carbocycles. The molecule has 0 aliphatic heterocycles. The Hall–Kier alpha value is -1.02. The maximum atomic E-state index is 5.60. The molecule has 1 N–H and O–H groups in total. The zero-order valence-electron chi connectivity index (χ0n) is 12.9. The van der Waals surface area contributed by atoms with Crippen molar-refractivity contribution in [1.29, 1.82) is 0 Å². The first-order valence-electron chi connectivity index (χ1n) is 7.41. The number of hydrogen-bond acceptors (Lipinski definition) is 2. The van der Waals surface area contributed by atoms with Crippen molar-refractivity contribution in [3.05, 3.63) is 28.8 Å². The molecule has 2 unspecified atom stereocenters. The number of benzene rings is 1.